The lowest BCUT2D eigenvalue weighted by Gasteiger charge is -2.34. The predicted molar refractivity (Wildman–Crippen MR) is 115 cm³/mol. The highest BCUT2D eigenvalue weighted by Crippen LogP contribution is 2.29. The second-order valence-corrected chi connectivity index (χ2v) is 7.67. The van der Waals surface area contributed by atoms with Gasteiger partial charge in [-0.3, -0.25) is 4.90 Å². The molecular weight excluding hydrogens is 407 g/mol. The van der Waals surface area contributed by atoms with Crippen molar-refractivity contribution in [3.63, 3.8) is 0 Å². The topological polar surface area (TPSA) is 86.6 Å². The molecule has 0 aliphatic carbocycles. The number of anilines is 3. The zero-order chi connectivity index (χ0) is 20.9. The molecule has 0 spiro atoms. The van der Waals surface area contributed by atoms with Gasteiger partial charge in [0.05, 0.1) is 25.6 Å². The van der Waals surface area contributed by atoms with Crippen LogP contribution in [-0.2, 0) is 0 Å². The van der Waals surface area contributed by atoms with E-state index in [1.807, 2.05) is 34.5 Å². The SMILES string of the molecule is COc1cccc(-c2csc(Nc3nc(N4CCN(CCO)CC4)ncc3F)n2)c1. The molecule has 0 amide bonds. The second-order valence-electron chi connectivity index (χ2n) is 6.81. The highest BCUT2D eigenvalue weighted by Gasteiger charge is 2.20. The molecule has 1 aliphatic rings. The fraction of sp³-hybridized carbons (Fsp3) is 0.350. The van der Waals surface area contributed by atoms with E-state index in [9.17, 15) is 4.39 Å². The van der Waals surface area contributed by atoms with Crippen molar-refractivity contribution < 1.29 is 14.2 Å². The molecule has 0 saturated carbocycles. The number of hydrogen-bond acceptors (Lipinski definition) is 9. The Hall–Kier alpha value is -2.82. The Morgan fingerprint density at radius 2 is 2.07 bits per heavy atom. The number of halogens is 1. The van der Waals surface area contributed by atoms with E-state index in [0.717, 1.165) is 43.2 Å². The minimum Gasteiger partial charge on any atom is -0.497 e. The van der Waals surface area contributed by atoms with E-state index < -0.39 is 5.82 Å². The second kappa shape index (κ2) is 9.33. The van der Waals surface area contributed by atoms with Crippen molar-refractivity contribution in [1.29, 1.82) is 0 Å². The number of aliphatic hydroxyl groups is 1. The van der Waals surface area contributed by atoms with E-state index in [0.29, 0.717) is 17.6 Å². The maximum Gasteiger partial charge on any atom is 0.227 e. The minimum absolute atomic E-state index is 0.101. The largest absolute Gasteiger partial charge is 0.497 e. The molecule has 1 saturated heterocycles. The van der Waals surface area contributed by atoms with Crippen LogP contribution in [-0.4, -0.2) is 71.4 Å². The molecule has 30 heavy (non-hydrogen) atoms. The minimum atomic E-state index is -0.532. The molecule has 2 aromatic heterocycles. The lowest BCUT2D eigenvalue weighted by molar-refractivity contribution is 0.188. The number of benzene rings is 1. The van der Waals surface area contributed by atoms with Crippen LogP contribution in [0.15, 0.2) is 35.8 Å². The average Bonchev–Trinajstić information content (AvgIpc) is 3.25. The van der Waals surface area contributed by atoms with E-state index in [2.05, 4.69) is 25.2 Å². The van der Waals surface area contributed by atoms with Gasteiger partial charge < -0.3 is 20.1 Å². The quantitative estimate of drug-likeness (QED) is 0.592. The standard InChI is InChI=1S/C20H23FN6O2S/c1-29-15-4-2-3-14(11-15)17-13-30-20(23-17)25-18-16(21)12-22-19(24-18)27-7-5-26(6-8-27)9-10-28/h2-4,11-13,28H,5-10H2,1H3,(H,22,23,24,25). The third kappa shape index (κ3) is 4.66. The number of rotatable bonds is 7. The molecule has 0 atom stereocenters. The van der Waals surface area contributed by atoms with Crippen molar-refractivity contribution in [1.82, 2.24) is 19.9 Å². The van der Waals surface area contributed by atoms with E-state index >= 15 is 0 Å². The molecule has 3 aromatic rings. The average molecular weight is 431 g/mol. The molecule has 10 heteroatoms. The third-order valence-corrected chi connectivity index (χ3v) is 5.66. The number of hydrogen-bond donors (Lipinski definition) is 2. The maximum atomic E-state index is 14.3. The molecular formula is C20H23FN6O2S. The highest BCUT2D eigenvalue weighted by molar-refractivity contribution is 7.14. The number of nitrogens with one attached hydrogen (secondary N) is 1. The van der Waals surface area contributed by atoms with Crippen molar-refractivity contribution in [2.24, 2.45) is 0 Å². The van der Waals surface area contributed by atoms with Gasteiger partial charge in [-0.25, -0.2) is 14.4 Å². The molecule has 0 bridgehead atoms. The summed E-state index contributed by atoms with van der Waals surface area (Å²) >= 11 is 1.37. The fourth-order valence-electron chi connectivity index (χ4n) is 3.26. The molecule has 0 radical (unpaired) electrons. The van der Waals surface area contributed by atoms with Gasteiger partial charge in [0.15, 0.2) is 16.8 Å². The number of ether oxygens (including phenoxy) is 1. The van der Waals surface area contributed by atoms with Crippen molar-refractivity contribution in [2.75, 3.05) is 56.7 Å². The Bertz CT molecular complexity index is 993. The predicted octanol–water partition coefficient (Wildman–Crippen LogP) is 2.61. The van der Waals surface area contributed by atoms with Gasteiger partial charge in [-0.15, -0.1) is 11.3 Å². The highest BCUT2D eigenvalue weighted by atomic mass is 32.1. The number of β-amino-alcohol motifs (C(OH)–C–C–N with tert-alkyl or cyclic N) is 1. The van der Waals surface area contributed by atoms with Gasteiger partial charge in [0, 0.05) is 43.7 Å². The summed E-state index contributed by atoms with van der Waals surface area (Å²) in [6, 6.07) is 7.62. The van der Waals surface area contributed by atoms with E-state index in [4.69, 9.17) is 9.84 Å². The van der Waals surface area contributed by atoms with Crippen molar-refractivity contribution in [3.8, 4) is 17.0 Å². The van der Waals surface area contributed by atoms with Gasteiger partial charge in [0.25, 0.3) is 0 Å². The zero-order valence-electron chi connectivity index (χ0n) is 16.6. The van der Waals surface area contributed by atoms with Crippen LogP contribution in [0.4, 0.5) is 21.3 Å². The normalized spacial score (nSPS) is 14.7. The first kappa shape index (κ1) is 20.5. The Morgan fingerprint density at radius 1 is 1.23 bits per heavy atom. The number of aromatic nitrogens is 3. The van der Waals surface area contributed by atoms with Crippen LogP contribution in [0.5, 0.6) is 5.75 Å². The molecule has 4 rings (SSSR count). The molecule has 1 aromatic carbocycles. The molecule has 1 aliphatic heterocycles. The summed E-state index contributed by atoms with van der Waals surface area (Å²) in [5, 5.41) is 14.5. The molecule has 3 heterocycles. The summed E-state index contributed by atoms with van der Waals surface area (Å²) < 4.78 is 19.6. The summed E-state index contributed by atoms with van der Waals surface area (Å²) in [6.45, 7) is 3.86. The number of aliphatic hydroxyl groups excluding tert-OH is 1. The van der Waals surface area contributed by atoms with Gasteiger partial charge in [0.2, 0.25) is 5.95 Å². The molecule has 158 valence electrons. The van der Waals surface area contributed by atoms with Gasteiger partial charge >= 0.3 is 0 Å². The van der Waals surface area contributed by atoms with Crippen LogP contribution in [0.25, 0.3) is 11.3 Å². The first-order valence-electron chi connectivity index (χ1n) is 9.64. The summed E-state index contributed by atoms with van der Waals surface area (Å²) in [6.07, 6.45) is 1.18. The monoisotopic (exact) mass is 430 g/mol. The number of methoxy groups -OCH3 is 1. The Balaban J connectivity index is 1.47. The first-order chi connectivity index (χ1) is 14.7. The van der Waals surface area contributed by atoms with E-state index in [-0.39, 0.29) is 12.4 Å². The van der Waals surface area contributed by atoms with Crippen LogP contribution in [0.2, 0.25) is 0 Å². The first-order valence-corrected chi connectivity index (χ1v) is 10.5. The van der Waals surface area contributed by atoms with Gasteiger partial charge in [-0.05, 0) is 12.1 Å². The summed E-state index contributed by atoms with van der Waals surface area (Å²) in [5.41, 5.74) is 1.69. The number of nitrogens with zero attached hydrogens (tertiary/aromatic N) is 5. The molecule has 8 nitrogen and oxygen atoms in total. The molecule has 0 unspecified atom stereocenters. The Labute approximate surface area is 178 Å². The van der Waals surface area contributed by atoms with Gasteiger partial charge in [-0.2, -0.15) is 4.98 Å². The summed E-state index contributed by atoms with van der Waals surface area (Å²) in [4.78, 5) is 17.3. The summed E-state index contributed by atoms with van der Waals surface area (Å²) in [7, 11) is 1.62. The van der Waals surface area contributed by atoms with Gasteiger partial charge in [-0.1, -0.05) is 12.1 Å². The van der Waals surface area contributed by atoms with E-state index in [1.54, 1.807) is 7.11 Å². The van der Waals surface area contributed by atoms with Crippen molar-refractivity contribution in [2.45, 2.75) is 0 Å². The maximum absolute atomic E-state index is 14.3. The molecule has 1 fully saturated rings. The van der Waals surface area contributed by atoms with E-state index in [1.165, 1.54) is 17.5 Å². The fourth-order valence-corrected chi connectivity index (χ4v) is 3.98. The van der Waals surface area contributed by atoms with Crippen LogP contribution in [0, 0.1) is 5.82 Å². The lowest BCUT2D eigenvalue weighted by atomic mass is 10.2. The van der Waals surface area contributed by atoms with Crippen LogP contribution in [0.1, 0.15) is 0 Å². The van der Waals surface area contributed by atoms with Crippen LogP contribution < -0.4 is 15.0 Å². The Kier molecular flexibility index (Phi) is 6.36. The number of thiazole rings is 1. The molecule has 2 N–H and O–H groups in total. The van der Waals surface area contributed by atoms with Gasteiger partial charge in [0.1, 0.15) is 5.75 Å². The van der Waals surface area contributed by atoms with Crippen LogP contribution >= 0.6 is 11.3 Å². The smallest absolute Gasteiger partial charge is 0.227 e. The van der Waals surface area contributed by atoms with Crippen molar-refractivity contribution in [3.05, 3.63) is 41.7 Å². The van der Waals surface area contributed by atoms with Crippen molar-refractivity contribution >= 4 is 28.2 Å². The lowest BCUT2D eigenvalue weighted by Crippen LogP contribution is -2.47. The summed E-state index contributed by atoms with van der Waals surface area (Å²) in [5.74, 6) is 0.799. The van der Waals surface area contributed by atoms with Crippen LogP contribution in [0.3, 0.4) is 0 Å². The number of piperazine rings is 1. The zero-order valence-corrected chi connectivity index (χ0v) is 17.4. The Morgan fingerprint density at radius 3 is 2.83 bits per heavy atom. The third-order valence-electron chi connectivity index (χ3n) is 4.90.